The van der Waals surface area contributed by atoms with Crippen LogP contribution in [0, 0.1) is 11.7 Å². The number of Topliss-reactive ketones (excluding diaryl/α,β-unsaturated/α-hetero) is 1. The van der Waals surface area contributed by atoms with Crippen molar-refractivity contribution < 1.29 is 42.8 Å². The zero-order chi connectivity index (χ0) is 31.8. The monoisotopic (exact) mass is 632 g/mol. The summed E-state index contributed by atoms with van der Waals surface area (Å²) in [5.74, 6) is -4.01. The first-order chi connectivity index (χ1) is 21.0. The lowest BCUT2D eigenvalue weighted by molar-refractivity contribution is -0.142. The van der Waals surface area contributed by atoms with Gasteiger partial charge in [-0.3, -0.25) is 39.8 Å². The van der Waals surface area contributed by atoms with Crippen LogP contribution < -0.4 is 10.9 Å². The molecule has 0 atom stereocenters. The van der Waals surface area contributed by atoms with Crippen molar-refractivity contribution in [2.75, 3.05) is 26.2 Å². The van der Waals surface area contributed by atoms with Crippen LogP contribution >= 0.6 is 12.1 Å². The summed E-state index contributed by atoms with van der Waals surface area (Å²) in [5.41, 5.74) is 6.95. The first kappa shape index (κ1) is 32.5. The fourth-order valence-corrected chi connectivity index (χ4v) is 5.21. The maximum Gasteiger partial charge on any atom is 0.317 e. The molecule has 1 aliphatic carbocycles. The molecule has 5 N–H and O–H groups in total. The van der Waals surface area contributed by atoms with Crippen molar-refractivity contribution in [3.05, 3.63) is 64.5 Å². The van der Waals surface area contributed by atoms with Gasteiger partial charge < -0.3 is 15.3 Å². The Labute approximate surface area is 254 Å². The second-order valence-corrected chi connectivity index (χ2v) is 11.1. The van der Waals surface area contributed by atoms with Crippen LogP contribution in [0.15, 0.2) is 51.5 Å². The topological polar surface area (TPSA) is 184 Å². The number of carboxylic acids is 3. The maximum atomic E-state index is 14.5. The summed E-state index contributed by atoms with van der Waals surface area (Å²) in [4.78, 5) is 49.1. The number of hydrogen-bond donors (Lipinski definition) is 5. The lowest BCUT2D eigenvalue weighted by Gasteiger charge is -2.27. The fourth-order valence-electron chi connectivity index (χ4n) is 4.84. The number of halogens is 2. The highest BCUT2D eigenvalue weighted by Crippen LogP contribution is 2.28. The molecular formula is C28H30F2N6O7S. The molecule has 1 fully saturated rings. The number of ketones is 1. The molecule has 4 rings (SSSR count). The maximum absolute atomic E-state index is 14.5. The number of nitrogens with one attached hydrogen (secondary N) is 2. The third kappa shape index (κ3) is 9.29. The SMILES string of the molecule is O=C(O)CN(CC(=O)O)Cc1cc(F)cc(C2=NNC(c3cc(CN(CC(=O)O)CC(=O)C4CCC4)cc(SF)c3)=NN2)c1. The molecule has 2 aromatic rings. The molecule has 0 radical (unpaired) electrons. The van der Waals surface area contributed by atoms with E-state index in [-0.39, 0.29) is 72.2 Å². The average Bonchev–Trinajstić information content (AvgIpc) is 2.90. The van der Waals surface area contributed by atoms with Crippen LogP contribution in [0.2, 0.25) is 0 Å². The molecule has 1 saturated carbocycles. The second-order valence-electron chi connectivity index (χ2n) is 10.5. The zero-order valence-corrected chi connectivity index (χ0v) is 24.1. The molecule has 0 bridgehead atoms. The second kappa shape index (κ2) is 14.9. The highest BCUT2D eigenvalue weighted by molar-refractivity contribution is 7.94. The van der Waals surface area contributed by atoms with Gasteiger partial charge in [-0.1, -0.05) is 6.42 Å². The van der Waals surface area contributed by atoms with Crippen molar-refractivity contribution >= 4 is 47.5 Å². The van der Waals surface area contributed by atoms with Crippen molar-refractivity contribution in [1.29, 1.82) is 0 Å². The van der Waals surface area contributed by atoms with Crippen LogP contribution in [-0.2, 0) is 32.3 Å². The Balaban J connectivity index is 1.49. The minimum absolute atomic E-state index is 0.0137. The van der Waals surface area contributed by atoms with Crippen LogP contribution in [-0.4, -0.2) is 86.7 Å². The van der Waals surface area contributed by atoms with Crippen LogP contribution in [0.1, 0.15) is 41.5 Å². The Kier molecular flexibility index (Phi) is 11.0. The quantitative estimate of drug-likeness (QED) is 0.182. The smallest absolute Gasteiger partial charge is 0.317 e. The number of hydrogen-bond acceptors (Lipinski definition) is 11. The van der Waals surface area contributed by atoms with Gasteiger partial charge in [0.1, 0.15) is 11.6 Å². The van der Waals surface area contributed by atoms with Crippen molar-refractivity contribution in [3.8, 4) is 0 Å². The highest BCUT2D eigenvalue weighted by atomic mass is 32.2. The van der Waals surface area contributed by atoms with Gasteiger partial charge in [0, 0.05) is 35.0 Å². The molecule has 0 amide bonds. The molecular weight excluding hydrogens is 602 g/mol. The van der Waals surface area contributed by atoms with E-state index < -0.39 is 36.8 Å². The van der Waals surface area contributed by atoms with Gasteiger partial charge in [-0.2, -0.15) is 14.1 Å². The number of nitrogens with zero attached hydrogens (tertiary/aromatic N) is 4. The molecule has 44 heavy (non-hydrogen) atoms. The summed E-state index contributed by atoms with van der Waals surface area (Å²) in [6.07, 6.45) is 2.56. The van der Waals surface area contributed by atoms with Crippen molar-refractivity contribution in [2.24, 2.45) is 16.1 Å². The van der Waals surface area contributed by atoms with Gasteiger partial charge in [0.15, 0.2) is 11.7 Å². The van der Waals surface area contributed by atoms with E-state index in [2.05, 4.69) is 21.1 Å². The van der Waals surface area contributed by atoms with Gasteiger partial charge in [0.25, 0.3) is 0 Å². The molecule has 0 aromatic heterocycles. The highest BCUT2D eigenvalue weighted by Gasteiger charge is 2.27. The Morgan fingerprint density at radius 2 is 1.27 bits per heavy atom. The molecule has 0 saturated heterocycles. The van der Waals surface area contributed by atoms with Gasteiger partial charge in [-0.05, 0) is 60.4 Å². The molecule has 0 spiro atoms. The van der Waals surface area contributed by atoms with E-state index in [0.29, 0.717) is 16.7 Å². The predicted octanol–water partition coefficient (Wildman–Crippen LogP) is 2.25. The number of aliphatic carboxylic acids is 3. The summed E-state index contributed by atoms with van der Waals surface area (Å²) >= 11 is -0.0137. The minimum Gasteiger partial charge on any atom is -0.480 e. The van der Waals surface area contributed by atoms with E-state index in [1.54, 1.807) is 12.1 Å². The molecule has 16 heteroatoms. The van der Waals surface area contributed by atoms with E-state index >= 15 is 0 Å². The number of carboxylic acid groups (broad SMARTS) is 3. The average molecular weight is 633 g/mol. The number of benzene rings is 2. The largest absolute Gasteiger partial charge is 0.480 e. The Hall–Kier alpha value is -4.41. The van der Waals surface area contributed by atoms with E-state index in [9.17, 15) is 32.6 Å². The minimum atomic E-state index is -1.23. The standard InChI is InChI=1S/C28H30F2N6O7S/c29-21-6-16(10-36(14-25(40)41)15-26(42)43)4-19(8-21)27-31-33-28(34-32-27)20-5-17(7-22(9-20)44-30)11-35(13-24(38)39)12-23(37)18-2-1-3-18/h4-9,18H,1-3,10-15H2,(H,31,32)(H,33,34)(H,38,39)(H,40,41)(H,42,43). The van der Waals surface area contributed by atoms with Gasteiger partial charge >= 0.3 is 17.9 Å². The number of carbonyl (C=O) groups excluding carboxylic acids is 1. The Morgan fingerprint density at radius 1 is 0.773 bits per heavy atom. The van der Waals surface area contributed by atoms with E-state index in [1.165, 1.54) is 17.0 Å². The van der Waals surface area contributed by atoms with Gasteiger partial charge in [0.05, 0.1) is 38.3 Å². The van der Waals surface area contributed by atoms with Crippen molar-refractivity contribution in [2.45, 2.75) is 37.2 Å². The summed E-state index contributed by atoms with van der Waals surface area (Å²) in [7, 11) is 0. The van der Waals surface area contributed by atoms with Crippen LogP contribution in [0.4, 0.5) is 8.28 Å². The number of rotatable bonds is 16. The summed E-state index contributed by atoms with van der Waals surface area (Å²) in [6.45, 7) is -1.59. The van der Waals surface area contributed by atoms with Gasteiger partial charge in [-0.25, -0.2) is 4.39 Å². The van der Waals surface area contributed by atoms with E-state index in [0.717, 1.165) is 36.3 Å². The molecule has 1 aliphatic heterocycles. The summed E-state index contributed by atoms with van der Waals surface area (Å²) in [5, 5.41) is 36.0. The van der Waals surface area contributed by atoms with Crippen LogP contribution in [0.5, 0.6) is 0 Å². The Morgan fingerprint density at radius 3 is 1.73 bits per heavy atom. The lowest BCUT2D eigenvalue weighted by atomic mass is 9.82. The number of carbonyl (C=O) groups is 4. The molecule has 13 nitrogen and oxygen atoms in total. The third-order valence-corrected chi connectivity index (χ3v) is 7.35. The fraction of sp³-hybridized carbons (Fsp3) is 0.357. The molecule has 2 aromatic carbocycles. The predicted molar refractivity (Wildman–Crippen MR) is 155 cm³/mol. The number of hydrazone groups is 2. The molecule has 0 unspecified atom stereocenters. The van der Waals surface area contributed by atoms with Gasteiger partial charge in [-0.15, -0.1) is 0 Å². The van der Waals surface area contributed by atoms with Crippen LogP contribution in [0.3, 0.4) is 0 Å². The molecule has 2 aliphatic rings. The molecule has 1 heterocycles. The zero-order valence-electron chi connectivity index (χ0n) is 23.3. The molecule has 234 valence electrons. The lowest BCUT2D eigenvalue weighted by Crippen LogP contribution is -2.38. The van der Waals surface area contributed by atoms with Crippen molar-refractivity contribution in [3.63, 3.8) is 0 Å². The van der Waals surface area contributed by atoms with E-state index in [4.69, 9.17) is 10.2 Å². The number of amidine groups is 2. The summed E-state index contributed by atoms with van der Waals surface area (Å²) in [6, 6.07) is 8.54. The normalized spacial score (nSPS) is 14.7. The van der Waals surface area contributed by atoms with Gasteiger partial charge in [0.2, 0.25) is 0 Å². The Bertz CT molecular complexity index is 1480. The van der Waals surface area contributed by atoms with Crippen molar-refractivity contribution in [1.82, 2.24) is 20.7 Å². The summed E-state index contributed by atoms with van der Waals surface area (Å²) < 4.78 is 28.2. The van der Waals surface area contributed by atoms with E-state index in [1.807, 2.05) is 0 Å². The first-order valence-corrected chi connectivity index (χ1v) is 14.2. The third-order valence-electron chi connectivity index (χ3n) is 6.94. The first-order valence-electron chi connectivity index (χ1n) is 13.5. The van der Waals surface area contributed by atoms with Crippen LogP contribution in [0.25, 0.3) is 0 Å².